The first-order chi connectivity index (χ1) is 5.34. The Balaban J connectivity index is 2.38. The molecule has 1 nitrogen and oxygen atoms in total. The summed E-state index contributed by atoms with van der Waals surface area (Å²) in [6, 6.07) is 1.89. The van der Waals surface area contributed by atoms with Crippen LogP contribution in [0.25, 0.3) is 0 Å². The fourth-order valence-electron chi connectivity index (χ4n) is 0.849. The van der Waals surface area contributed by atoms with E-state index in [2.05, 4.69) is 0 Å². The van der Waals surface area contributed by atoms with Crippen molar-refractivity contribution in [1.29, 1.82) is 0 Å². The van der Waals surface area contributed by atoms with Crippen molar-refractivity contribution in [2.45, 2.75) is 19.3 Å². The van der Waals surface area contributed by atoms with Gasteiger partial charge in [-0.15, -0.1) is 11.3 Å². The standard InChI is InChI=1S/C8H9ClOS/c9-7-4-6-11-8(7)3-1-2-5-10/h4-6H,1-3H2. The molecule has 0 unspecified atom stereocenters. The maximum atomic E-state index is 9.99. The second-order valence-electron chi connectivity index (χ2n) is 2.25. The van der Waals surface area contributed by atoms with Crippen LogP contribution in [0.2, 0.25) is 5.02 Å². The van der Waals surface area contributed by atoms with E-state index in [0.717, 1.165) is 24.2 Å². The van der Waals surface area contributed by atoms with Gasteiger partial charge in [0.05, 0.1) is 5.02 Å². The van der Waals surface area contributed by atoms with Gasteiger partial charge in [0.15, 0.2) is 0 Å². The minimum Gasteiger partial charge on any atom is -0.303 e. The van der Waals surface area contributed by atoms with Crippen LogP contribution >= 0.6 is 22.9 Å². The fourth-order valence-corrected chi connectivity index (χ4v) is 2.03. The second-order valence-corrected chi connectivity index (χ2v) is 3.66. The zero-order chi connectivity index (χ0) is 8.10. The maximum Gasteiger partial charge on any atom is 0.120 e. The van der Waals surface area contributed by atoms with E-state index in [1.165, 1.54) is 4.88 Å². The highest BCUT2D eigenvalue weighted by molar-refractivity contribution is 7.10. The molecule has 0 saturated carbocycles. The average Bonchev–Trinajstić information content (AvgIpc) is 2.37. The molecule has 0 saturated heterocycles. The van der Waals surface area contributed by atoms with Crippen LogP contribution in [0.1, 0.15) is 17.7 Å². The number of aryl methyl sites for hydroxylation is 1. The smallest absolute Gasteiger partial charge is 0.120 e. The molecule has 0 bridgehead atoms. The molecule has 1 heterocycles. The zero-order valence-corrected chi connectivity index (χ0v) is 7.62. The molecule has 0 aliphatic carbocycles. The van der Waals surface area contributed by atoms with Gasteiger partial charge in [0.1, 0.15) is 6.29 Å². The minimum absolute atomic E-state index is 0.633. The molecule has 0 atom stereocenters. The van der Waals surface area contributed by atoms with Gasteiger partial charge in [-0.2, -0.15) is 0 Å². The van der Waals surface area contributed by atoms with Gasteiger partial charge >= 0.3 is 0 Å². The van der Waals surface area contributed by atoms with Gasteiger partial charge in [-0.1, -0.05) is 11.6 Å². The lowest BCUT2D eigenvalue weighted by atomic mass is 10.2. The normalized spacial score (nSPS) is 9.91. The lowest BCUT2D eigenvalue weighted by Gasteiger charge is -1.93. The van der Waals surface area contributed by atoms with Crippen LogP contribution < -0.4 is 0 Å². The molecule has 60 valence electrons. The number of halogens is 1. The van der Waals surface area contributed by atoms with E-state index in [-0.39, 0.29) is 0 Å². The van der Waals surface area contributed by atoms with E-state index in [9.17, 15) is 4.79 Å². The van der Waals surface area contributed by atoms with Crippen molar-refractivity contribution >= 4 is 29.2 Å². The SMILES string of the molecule is O=CCCCc1sccc1Cl. The third-order valence-corrected chi connectivity index (χ3v) is 2.86. The van der Waals surface area contributed by atoms with Crippen LogP contribution in [0.15, 0.2) is 11.4 Å². The van der Waals surface area contributed by atoms with Crippen molar-refractivity contribution < 1.29 is 4.79 Å². The van der Waals surface area contributed by atoms with Gasteiger partial charge in [0.25, 0.3) is 0 Å². The molecule has 1 aromatic heterocycles. The highest BCUT2D eigenvalue weighted by Crippen LogP contribution is 2.23. The van der Waals surface area contributed by atoms with E-state index in [4.69, 9.17) is 11.6 Å². The first-order valence-electron chi connectivity index (χ1n) is 3.50. The molecule has 11 heavy (non-hydrogen) atoms. The molecular weight excluding hydrogens is 180 g/mol. The summed E-state index contributed by atoms with van der Waals surface area (Å²) >= 11 is 7.49. The van der Waals surface area contributed by atoms with Crippen molar-refractivity contribution in [2.75, 3.05) is 0 Å². The molecule has 0 aliphatic rings. The van der Waals surface area contributed by atoms with Crippen molar-refractivity contribution in [3.63, 3.8) is 0 Å². The molecule has 0 spiro atoms. The van der Waals surface area contributed by atoms with Gasteiger partial charge in [-0.25, -0.2) is 0 Å². The van der Waals surface area contributed by atoms with Crippen molar-refractivity contribution in [2.24, 2.45) is 0 Å². The summed E-state index contributed by atoms with van der Waals surface area (Å²) in [4.78, 5) is 11.2. The van der Waals surface area contributed by atoms with Crippen molar-refractivity contribution in [1.82, 2.24) is 0 Å². The largest absolute Gasteiger partial charge is 0.303 e. The lowest BCUT2D eigenvalue weighted by molar-refractivity contribution is -0.107. The molecule has 0 radical (unpaired) electrons. The second kappa shape index (κ2) is 4.52. The van der Waals surface area contributed by atoms with Gasteiger partial charge in [0.2, 0.25) is 0 Å². The van der Waals surface area contributed by atoms with E-state index in [1.54, 1.807) is 11.3 Å². The Bertz CT molecular complexity index is 232. The Labute approximate surface area is 75.0 Å². The van der Waals surface area contributed by atoms with Crippen LogP contribution in [0.3, 0.4) is 0 Å². The highest BCUT2D eigenvalue weighted by Gasteiger charge is 1.99. The van der Waals surface area contributed by atoms with Gasteiger partial charge < -0.3 is 4.79 Å². The molecule has 0 fully saturated rings. The van der Waals surface area contributed by atoms with Crippen LogP contribution in [0, 0.1) is 0 Å². The number of hydrogen-bond acceptors (Lipinski definition) is 2. The summed E-state index contributed by atoms with van der Waals surface area (Å²) in [5, 5.41) is 2.80. The third-order valence-electron chi connectivity index (χ3n) is 1.42. The predicted octanol–water partition coefficient (Wildman–Crippen LogP) is 2.92. The number of thiophene rings is 1. The fraction of sp³-hybridized carbons (Fsp3) is 0.375. The minimum atomic E-state index is 0.633. The number of aldehydes is 1. The van der Waals surface area contributed by atoms with Gasteiger partial charge in [-0.05, 0) is 24.3 Å². The Morgan fingerprint density at radius 1 is 1.64 bits per heavy atom. The number of carbonyl (C=O) groups excluding carboxylic acids is 1. The monoisotopic (exact) mass is 188 g/mol. The molecule has 1 rings (SSSR count). The Hall–Kier alpha value is -0.340. The number of unbranched alkanes of at least 4 members (excludes halogenated alkanes) is 1. The van der Waals surface area contributed by atoms with Crippen molar-refractivity contribution in [3.05, 3.63) is 21.3 Å². The first kappa shape index (κ1) is 8.75. The van der Waals surface area contributed by atoms with Gasteiger partial charge in [-0.3, -0.25) is 0 Å². The molecular formula is C8H9ClOS. The van der Waals surface area contributed by atoms with Crippen molar-refractivity contribution in [3.8, 4) is 0 Å². The summed E-state index contributed by atoms with van der Waals surface area (Å²) in [5.41, 5.74) is 0. The van der Waals surface area contributed by atoms with Crippen LogP contribution in [0.4, 0.5) is 0 Å². The van der Waals surface area contributed by atoms with Crippen LogP contribution in [0.5, 0.6) is 0 Å². The van der Waals surface area contributed by atoms with Gasteiger partial charge in [0, 0.05) is 11.3 Å². The number of carbonyl (C=O) groups is 1. The Morgan fingerprint density at radius 3 is 3.00 bits per heavy atom. The Morgan fingerprint density at radius 2 is 2.45 bits per heavy atom. The highest BCUT2D eigenvalue weighted by atomic mass is 35.5. The quantitative estimate of drug-likeness (QED) is 0.525. The summed E-state index contributed by atoms with van der Waals surface area (Å²) in [7, 11) is 0. The molecule has 0 aromatic carbocycles. The molecule has 0 aliphatic heterocycles. The lowest BCUT2D eigenvalue weighted by Crippen LogP contribution is -1.82. The average molecular weight is 189 g/mol. The summed E-state index contributed by atoms with van der Waals surface area (Å²) < 4.78 is 0. The van der Waals surface area contributed by atoms with E-state index in [0.29, 0.717) is 6.42 Å². The Kier molecular flexibility index (Phi) is 3.60. The topological polar surface area (TPSA) is 17.1 Å². The first-order valence-corrected chi connectivity index (χ1v) is 4.76. The zero-order valence-electron chi connectivity index (χ0n) is 6.05. The summed E-state index contributed by atoms with van der Waals surface area (Å²) in [6.45, 7) is 0. The van der Waals surface area contributed by atoms with E-state index < -0.39 is 0 Å². The summed E-state index contributed by atoms with van der Waals surface area (Å²) in [5.74, 6) is 0. The summed E-state index contributed by atoms with van der Waals surface area (Å²) in [6.07, 6.45) is 3.41. The molecule has 0 N–H and O–H groups in total. The van der Waals surface area contributed by atoms with Crippen LogP contribution in [-0.4, -0.2) is 6.29 Å². The van der Waals surface area contributed by atoms with E-state index >= 15 is 0 Å². The van der Waals surface area contributed by atoms with Crippen LogP contribution in [-0.2, 0) is 11.2 Å². The molecule has 0 amide bonds. The maximum absolute atomic E-state index is 9.99. The third kappa shape index (κ3) is 2.64. The molecule has 1 aromatic rings. The predicted molar refractivity (Wildman–Crippen MR) is 48.3 cm³/mol. The number of hydrogen-bond donors (Lipinski definition) is 0. The van der Waals surface area contributed by atoms with E-state index in [1.807, 2.05) is 11.4 Å². The number of rotatable bonds is 4. The molecule has 3 heteroatoms.